The van der Waals surface area contributed by atoms with Crippen LogP contribution in [-0.2, 0) is 24.2 Å². The van der Waals surface area contributed by atoms with Crippen LogP contribution in [0, 0.1) is 5.41 Å². The number of aliphatic hydroxyl groups excluding tert-OH is 1. The van der Waals surface area contributed by atoms with Gasteiger partial charge in [0, 0.05) is 31.2 Å². The van der Waals surface area contributed by atoms with Crippen LogP contribution in [0.2, 0.25) is 0 Å². The van der Waals surface area contributed by atoms with Gasteiger partial charge in [-0.15, -0.1) is 0 Å². The van der Waals surface area contributed by atoms with Crippen molar-refractivity contribution < 1.29 is 14.6 Å². The summed E-state index contributed by atoms with van der Waals surface area (Å²) >= 11 is 1.47. The molecule has 0 aromatic carbocycles. The molecule has 0 saturated carbocycles. The Kier molecular flexibility index (Phi) is 5.30. The molecule has 2 spiro atoms. The SMILES string of the molecule is OCc1nc(Sc2ccnc3c2OCC2(COC2)N3)cnc1N1CCC2(CC1)Cc1cccnc1C2. The van der Waals surface area contributed by atoms with E-state index in [9.17, 15) is 5.11 Å². The minimum atomic E-state index is -0.167. The first-order valence-electron chi connectivity index (χ1n) is 12.4. The number of hydrogen-bond acceptors (Lipinski definition) is 10. The fourth-order valence-corrected chi connectivity index (χ4v) is 6.70. The number of aromatic nitrogens is 4. The van der Waals surface area contributed by atoms with Gasteiger partial charge in [0.25, 0.3) is 0 Å². The Labute approximate surface area is 213 Å². The molecular formula is C26H28N6O3S. The summed E-state index contributed by atoms with van der Waals surface area (Å²) < 4.78 is 11.5. The monoisotopic (exact) mass is 504 g/mol. The molecule has 3 aromatic rings. The topological polar surface area (TPSA) is 106 Å². The number of nitrogens with zero attached hydrogens (tertiary/aromatic N) is 5. The third-order valence-electron chi connectivity index (χ3n) is 7.88. The van der Waals surface area contributed by atoms with Crippen LogP contribution in [0.25, 0.3) is 0 Å². The number of hydrogen-bond donors (Lipinski definition) is 2. The molecule has 0 amide bonds. The number of ether oxygens (including phenoxy) is 2. The van der Waals surface area contributed by atoms with Gasteiger partial charge >= 0.3 is 0 Å². The quantitative estimate of drug-likeness (QED) is 0.551. The van der Waals surface area contributed by atoms with E-state index in [2.05, 4.69) is 26.3 Å². The highest BCUT2D eigenvalue weighted by molar-refractivity contribution is 7.99. The maximum absolute atomic E-state index is 10.1. The Morgan fingerprint density at radius 2 is 1.94 bits per heavy atom. The highest BCUT2D eigenvalue weighted by atomic mass is 32.2. The highest BCUT2D eigenvalue weighted by Gasteiger charge is 2.44. The summed E-state index contributed by atoms with van der Waals surface area (Å²) in [6.45, 7) is 3.46. The molecule has 186 valence electrons. The Morgan fingerprint density at radius 3 is 2.72 bits per heavy atom. The van der Waals surface area contributed by atoms with Crippen molar-refractivity contribution in [3.63, 3.8) is 0 Å². The lowest BCUT2D eigenvalue weighted by Gasteiger charge is -2.45. The fourth-order valence-electron chi connectivity index (χ4n) is 5.84. The van der Waals surface area contributed by atoms with Gasteiger partial charge < -0.3 is 24.8 Å². The molecule has 6 heterocycles. The molecular weight excluding hydrogens is 476 g/mol. The minimum absolute atomic E-state index is 0.150. The third-order valence-corrected chi connectivity index (χ3v) is 8.83. The second-order valence-electron chi connectivity index (χ2n) is 10.4. The van der Waals surface area contributed by atoms with Gasteiger partial charge in [-0.05, 0) is 48.8 Å². The van der Waals surface area contributed by atoms with Crippen LogP contribution in [0.4, 0.5) is 11.6 Å². The van der Waals surface area contributed by atoms with E-state index < -0.39 is 0 Å². The standard InChI is InChI=1S/C26H28N6O3S/c33-13-19-24(32-8-4-25(5-9-32)10-17-2-1-6-27-18(17)11-25)29-12-21(30-19)36-20-3-7-28-23-22(20)35-16-26(31-23)14-34-15-26/h1-3,6-7,12,33H,4-5,8-11,13-16H2,(H,28,31). The van der Waals surface area contributed by atoms with Crippen LogP contribution in [-0.4, -0.2) is 63.5 Å². The lowest BCUT2D eigenvalue weighted by molar-refractivity contribution is -0.0652. The van der Waals surface area contributed by atoms with Gasteiger partial charge in [-0.3, -0.25) is 4.98 Å². The Bertz CT molecular complexity index is 1280. The summed E-state index contributed by atoms with van der Waals surface area (Å²) in [5.41, 5.74) is 3.40. The van der Waals surface area contributed by atoms with E-state index in [0.717, 1.165) is 66.1 Å². The maximum atomic E-state index is 10.1. The van der Waals surface area contributed by atoms with Gasteiger partial charge in [0.1, 0.15) is 22.9 Å². The number of anilines is 2. The van der Waals surface area contributed by atoms with Gasteiger partial charge in [0.05, 0.1) is 30.9 Å². The first kappa shape index (κ1) is 22.3. The second kappa shape index (κ2) is 8.57. The van der Waals surface area contributed by atoms with E-state index in [-0.39, 0.29) is 12.1 Å². The molecule has 2 saturated heterocycles. The molecule has 3 aliphatic heterocycles. The Hall–Kier alpha value is -2.95. The normalized spacial score (nSPS) is 20.9. The molecule has 4 aliphatic rings. The summed E-state index contributed by atoms with van der Waals surface area (Å²) in [5, 5.41) is 14.3. The lowest BCUT2D eigenvalue weighted by Crippen LogP contribution is -2.61. The minimum Gasteiger partial charge on any atom is -0.486 e. The average molecular weight is 505 g/mol. The van der Waals surface area contributed by atoms with Gasteiger partial charge in [0.15, 0.2) is 17.4 Å². The molecule has 0 atom stereocenters. The smallest absolute Gasteiger partial charge is 0.175 e. The fraction of sp³-hybridized carbons (Fsp3) is 0.462. The third kappa shape index (κ3) is 3.79. The molecule has 7 rings (SSSR count). The number of rotatable bonds is 4. The van der Waals surface area contributed by atoms with Crippen LogP contribution < -0.4 is 15.0 Å². The number of aliphatic hydroxyl groups is 1. The van der Waals surface area contributed by atoms with Crippen molar-refractivity contribution in [3.8, 4) is 5.75 Å². The Balaban J connectivity index is 1.06. The average Bonchev–Trinajstić information content (AvgIpc) is 3.25. The van der Waals surface area contributed by atoms with Gasteiger partial charge in [0.2, 0.25) is 0 Å². The van der Waals surface area contributed by atoms with Crippen LogP contribution in [0.3, 0.4) is 0 Å². The molecule has 0 radical (unpaired) electrons. The highest BCUT2D eigenvalue weighted by Crippen LogP contribution is 2.45. The molecule has 3 aromatic heterocycles. The largest absolute Gasteiger partial charge is 0.486 e. The van der Waals surface area contributed by atoms with E-state index >= 15 is 0 Å². The van der Waals surface area contributed by atoms with Crippen molar-refractivity contribution in [2.24, 2.45) is 5.41 Å². The van der Waals surface area contributed by atoms with Crippen molar-refractivity contribution in [1.29, 1.82) is 0 Å². The molecule has 36 heavy (non-hydrogen) atoms. The summed E-state index contributed by atoms with van der Waals surface area (Å²) in [4.78, 5) is 21.8. The summed E-state index contributed by atoms with van der Waals surface area (Å²) in [7, 11) is 0. The summed E-state index contributed by atoms with van der Waals surface area (Å²) in [6.07, 6.45) is 9.82. The molecule has 1 aliphatic carbocycles. The van der Waals surface area contributed by atoms with Gasteiger partial charge in [-0.1, -0.05) is 17.8 Å². The lowest BCUT2D eigenvalue weighted by atomic mass is 9.76. The predicted octanol–water partition coefficient (Wildman–Crippen LogP) is 2.87. The molecule has 2 fully saturated rings. The number of piperidine rings is 1. The van der Waals surface area contributed by atoms with Crippen molar-refractivity contribution in [2.75, 3.05) is 43.1 Å². The first-order chi connectivity index (χ1) is 17.6. The maximum Gasteiger partial charge on any atom is 0.175 e. The summed E-state index contributed by atoms with van der Waals surface area (Å²) in [6, 6.07) is 6.18. The zero-order chi connectivity index (χ0) is 24.2. The van der Waals surface area contributed by atoms with E-state index in [1.807, 2.05) is 18.3 Å². The number of pyridine rings is 2. The van der Waals surface area contributed by atoms with E-state index in [0.29, 0.717) is 30.9 Å². The van der Waals surface area contributed by atoms with Crippen LogP contribution >= 0.6 is 11.8 Å². The number of fused-ring (bicyclic) bond motifs is 2. The van der Waals surface area contributed by atoms with Crippen LogP contribution in [0.1, 0.15) is 29.8 Å². The van der Waals surface area contributed by atoms with Crippen molar-refractivity contribution in [3.05, 3.63) is 53.7 Å². The van der Waals surface area contributed by atoms with Gasteiger partial charge in [-0.2, -0.15) is 0 Å². The zero-order valence-electron chi connectivity index (χ0n) is 19.9. The van der Waals surface area contributed by atoms with Crippen molar-refractivity contribution in [1.82, 2.24) is 19.9 Å². The molecule has 10 heteroatoms. The molecule has 2 N–H and O–H groups in total. The van der Waals surface area contributed by atoms with E-state index in [1.54, 1.807) is 12.4 Å². The first-order valence-corrected chi connectivity index (χ1v) is 13.3. The molecule has 0 unspecified atom stereocenters. The van der Waals surface area contributed by atoms with Crippen molar-refractivity contribution >= 4 is 23.4 Å². The van der Waals surface area contributed by atoms with E-state index in [4.69, 9.17) is 19.4 Å². The van der Waals surface area contributed by atoms with Crippen LogP contribution in [0.5, 0.6) is 5.75 Å². The predicted molar refractivity (Wildman–Crippen MR) is 135 cm³/mol. The van der Waals surface area contributed by atoms with E-state index in [1.165, 1.54) is 23.0 Å². The van der Waals surface area contributed by atoms with Gasteiger partial charge in [-0.25, -0.2) is 15.0 Å². The molecule has 9 nitrogen and oxygen atoms in total. The Morgan fingerprint density at radius 1 is 1.06 bits per heavy atom. The van der Waals surface area contributed by atoms with Crippen LogP contribution in [0.15, 0.2) is 46.7 Å². The zero-order valence-corrected chi connectivity index (χ0v) is 20.8. The molecule has 0 bridgehead atoms. The number of nitrogens with one attached hydrogen (secondary N) is 1. The second-order valence-corrected chi connectivity index (χ2v) is 11.4. The van der Waals surface area contributed by atoms with Crippen molar-refractivity contribution in [2.45, 2.75) is 47.8 Å². The summed E-state index contributed by atoms with van der Waals surface area (Å²) in [5.74, 6) is 2.24.